The Morgan fingerprint density at radius 3 is 2.20 bits per heavy atom. The minimum Gasteiger partial charge on any atom is -0.481 e. The Morgan fingerprint density at radius 2 is 1.80 bits per heavy atom. The zero-order chi connectivity index (χ0) is 15.3. The van der Waals surface area contributed by atoms with Gasteiger partial charge in [-0.25, -0.2) is 9.59 Å². The Morgan fingerprint density at radius 1 is 1.25 bits per heavy atom. The van der Waals surface area contributed by atoms with Gasteiger partial charge in [0.2, 0.25) is 0 Å². The van der Waals surface area contributed by atoms with Gasteiger partial charge in [0.25, 0.3) is 0 Å². The zero-order valence-electron chi connectivity index (χ0n) is 11.3. The lowest BCUT2D eigenvalue weighted by Crippen LogP contribution is -2.51. The molecular weight excluding hydrogens is 268 g/mol. The molecule has 2 unspecified atom stereocenters. The minimum absolute atomic E-state index is 0.133. The highest BCUT2D eigenvalue weighted by Gasteiger charge is 2.29. The van der Waals surface area contributed by atoms with Crippen LogP contribution in [0.1, 0.15) is 26.2 Å². The molecule has 0 spiro atoms. The third-order valence-corrected chi connectivity index (χ3v) is 3.48. The molecular formula is C12H20N2O6. The maximum atomic E-state index is 11.9. The van der Waals surface area contributed by atoms with Crippen molar-refractivity contribution in [3.63, 3.8) is 0 Å². The SMILES string of the molecule is CC(O)C1CCN(C(=O)NC(CC(=O)O)C(=O)O)CC1. The number of hydrogen-bond acceptors (Lipinski definition) is 4. The number of aliphatic hydroxyl groups excluding tert-OH is 1. The fourth-order valence-electron chi connectivity index (χ4n) is 2.20. The van der Waals surface area contributed by atoms with Gasteiger partial charge in [0.15, 0.2) is 0 Å². The third kappa shape index (κ3) is 4.69. The molecule has 0 aromatic rings. The van der Waals surface area contributed by atoms with Gasteiger partial charge >= 0.3 is 18.0 Å². The van der Waals surface area contributed by atoms with E-state index in [1.807, 2.05) is 0 Å². The third-order valence-electron chi connectivity index (χ3n) is 3.48. The number of hydrogen-bond donors (Lipinski definition) is 4. The number of carboxylic acid groups (broad SMARTS) is 2. The first kappa shape index (κ1) is 16.2. The molecule has 2 atom stereocenters. The largest absolute Gasteiger partial charge is 0.481 e. The zero-order valence-corrected chi connectivity index (χ0v) is 11.3. The highest BCUT2D eigenvalue weighted by molar-refractivity contribution is 5.86. The van der Waals surface area contributed by atoms with Gasteiger partial charge in [0, 0.05) is 13.1 Å². The fraction of sp³-hybridized carbons (Fsp3) is 0.750. The lowest BCUT2D eigenvalue weighted by molar-refractivity contribution is -0.145. The molecule has 0 bridgehead atoms. The van der Waals surface area contributed by atoms with E-state index in [9.17, 15) is 19.5 Å². The molecule has 8 nitrogen and oxygen atoms in total. The van der Waals surface area contributed by atoms with E-state index in [0.717, 1.165) is 0 Å². The Labute approximate surface area is 116 Å². The number of amides is 2. The van der Waals surface area contributed by atoms with Crippen molar-refractivity contribution >= 4 is 18.0 Å². The average Bonchev–Trinajstić information content (AvgIpc) is 2.37. The summed E-state index contributed by atoms with van der Waals surface area (Å²) in [5, 5.41) is 29.1. The molecule has 0 saturated carbocycles. The molecule has 114 valence electrons. The number of carboxylic acids is 2. The van der Waals surface area contributed by atoms with Crippen LogP contribution in [0.3, 0.4) is 0 Å². The predicted octanol–water partition coefficient (Wildman–Crippen LogP) is -0.283. The summed E-state index contributed by atoms with van der Waals surface area (Å²) in [7, 11) is 0. The van der Waals surface area contributed by atoms with Crippen LogP contribution in [0.15, 0.2) is 0 Å². The van der Waals surface area contributed by atoms with Crippen molar-refractivity contribution in [2.45, 2.75) is 38.3 Å². The number of nitrogens with zero attached hydrogens (tertiary/aromatic N) is 1. The van der Waals surface area contributed by atoms with Crippen LogP contribution in [0.5, 0.6) is 0 Å². The molecule has 0 radical (unpaired) electrons. The predicted molar refractivity (Wildman–Crippen MR) is 68.2 cm³/mol. The second kappa shape index (κ2) is 7.09. The smallest absolute Gasteiger partial charge is 0.326 e. The van der Waals surface area contributed by atoms with Gasteiger partial charge in [0.1, 0.15) is 6.04 Å². The van der Waals surface area contributed by atoms with Crippen molar-refractivity contribution < 1.29 is 29.7 Å². The summed E-state index contributed by atoms with van der Waals surface area (Å²) >= 11 is 0. The van der Waals surface area contributed by atoms with Crippen molar-refractivity contribution in [1.82, 2.24) is 10.2 Å². The van der Waals surface area contributed by atoms with Gasteiger partial charge in [-0.05, 0) is 25.7 Å². The Kier molecular flexibility index (Phi) is 5.75. The normalized spacial score (nSPS) is 19.2. The first-order chi connectivity index (χ1) is 9.31. The van der Waals surface area contributed by atoms with Crippen molar-refractivity contribution in [3.8, 4) is 0 Å². The monoisotopic (exact) mass is 288 g/mol. The number of likely N-dealkylation sites (tertiary alicyclic amines) is 1. The lowest BCUT2D eigenvalue weighted by atomic mass is 9.92. The first-order valence-corrected chi connectivity index (χ1v) is 6.49. The highest BCUT2D eigenvalue weighted by atomic mass is 16.4. The van der Waals surface area contributed by atoms with E-state index < -0.39 is 36.5 Å². The van der Waals surface area contributed by atoms with Gasteiger partial charge in [0.05, 0.1) is 12.5 Å². The minimum atomic E-state index is -1.44. The highest BCUT2D eigenvalue weighted by Crippen LogP contribution is 2.20. The summed E-state index contributed by atoms with van der Waals surface area (Å²) in [5.74, 6) is -2.53. The number of rotatable bonds is 5. The van der Waals surface area contributed by atoms with Gasteiger partial charge in [-0.1, -0.05) is 0 Å². The summed E-state index contributed by atoms with van der Waals surface area (Å²) in [6.45, 7) is 2.54. The van der Waals surface area contributed by atoms with Gasteiger partial charge < -0.3 is 25.5 Å². The first-order valence-electron chi connectivity index (χ1n) is 6.49. The second-order valence-corrected chi connectivity index (χ2v) is 5.00. The molecule has 4 N–H and O–H groups in total. The number of carbonyl (C=O) groups excluding carboxylic acids is 1. The quantitative estimate of drug-likeness (QED) is 0.551. The number of nitrogens with one attached hydrogen (secondary N) is 1. The van der Waals surface area contributed by atoms with Gasteiger partial charge in [-0.2, -0.15) is 0 Å². The molecule has 20 heavy (non-hydrogen) atoms. The van der Waals surface area contributed by atoms with Crippen LogP contribution in [-0.2, 0) is 9.59 Å². The molecule has 1 aliphatic heterocycles. The number of aliphatic carboxylic acids is 2. The Balaban J connectivity index is 2.50. The van der Waals surface area contributed by atoms with Crippen molar-refractivity contribution in [1.29, 1.82) is 0 Å². The summed E-state index contributed by atoms with van der Waals surface area (Å²) in [5.41, 5.74) is 0. The maximum absolute atomic E-state index is 11.9. The topological polar surface area (TPSA) is 127 Å². The fourth-order valence-corrected chi connectivity index (χ4v) is 2.20. The van der Waals surface area contributed by atoms with E-state index in [2.05, 4.69) is 5.32 Å². The van der Waals surface area contributed by atoms with Crippen LogP contribution >= 0.6 is 0 Å². The molecule has 1 rings (SSSR count). The van der Waals surface area contributed by atoms with E-state index in [-0.39, 0.29) is 5.92 Å². The van der Waals surface area contributed by atoms with E-state index in [4.69, 9.17) is 10.2 Å². The summed E-state index contributed by atoms with van der Waals surface area (Å²) in [4.78, 5) is 34.7. The van der Waals surface area contributed by atoms with Crippen LogP contribution in [0.2, 0.25) is 0 Å². The van der Waals surface area contributed by atoms with Crippen LogP contribution in [0, 0.1) is 5.92 Å². The van der Waals surface area contributed by atoms with Crippen molar-refractivity contribution in [2.24, 2.45) is 5.92 Å². The van der Waals surface area contributed by atoms with Crippen LogP contribution < -0.4 is 5.32 Å². The number of piperidine rings is 1. The molecule has 2 amide bonds. The van der Waals surface area contributed by atoms with Gasteiger partial charge in [-0.15, -0.1) is 0 Å². The van der Waals surface area contributed by atoms with E-state index in [1.54, 1.807) is 6.92 Å². The van der Waals surface area contributed by atoms with Crippen LogP contribution in [-0.4, -0.2) is 63.4 Å². The van der Waals surface area contributed by atoms with Gasteiger partial charge in [-0.3, -0.25) is 4.79 Å². The molecule has 0 aliphatic carbocycles. The number of carbonyl (C=O) groups is 3. The number of urea groups is 1. The van der Waals surface area contributed by atoms with Crippen LogP contribution in [0.4, 0.5) is 4.79 Å². The molecule has 1 aliphatic rings. The molecule has 1 fully saturated rings. The summed E-state index contributed by atoms with van der Waals surface area (Å²) in [6, 6.07) is -2.02. The Hall–Kier alpha value is -1.83. The van der Waals surface area contributed by atoms with Crippen molar-refractivity contribution in [2.75, 3.05) is 13.1 Å². The standard InChI is InChI=1S/C12H20N2O6/c1-7(15)8-2-4-14(5-3-8)12(20)13-9(11(18)19)6-10(16)17/h7-9,15H,2-6H2,1H3,(H,13,20)(H,16,17)(H,18,19). The average molecular weight is 288 g/mol. The van der Waals surface area contributed by atoms with Crippen molar-refractivity contribution in [3.05, 3.63) is 0 Å². The van der Waals surface area contributed by atoms with E-state index in [1.165, 1.54) is 4.90 Å². The lowest BCUT2D eigenvalue weighted by Gasteiger charge is -2.33. The Bertz CT molecular complexity index is 376. The summed E-state index contributed by atoms with van der Waals surface area (Å²) in [6.07, 6.45) is 0.188. The number of aliphatic hydroxyl groups is 1. The van der Waals surface area contributed by atoms with E-state index in [0.29, 0.717) is 25.9 Å². The van der Waals surface area contributed by atoms with Crippen LogP contribution in [0.25, 0.3) is 0 Å². The van der Waals surface area contributed by atoms with E-state index >= 15 is 0 Å². The molecule has 0 aromatic heterocycles. The molecule has 1 saturated heterocycles. The molecule has 8 heteroatoms. The maximum Gasteiger partial charge on any atom is 0.326 e. The molecule has 0 aromatic carbocycles. The summed E-state index contributed by atoms with van der Waals surface area (Å²) < 4.78 is 0. The molecule has 1 heterocycles. The second-order valence-electron chi connectivity index (χ2n) is 5.00.